The number of carbonyl (C=O) groups excluding carboxylic acids is 3. The number of nitrogens with two attached hydrogens (primary N) is 1. The Hall–Kier alpha value is -2.87. The van der Waals surface area contributed by atoms with Crippen LogP contribution in [0.15, 0.2) is 30.5 Å². The minimum atomic E-state index is -0.610. The highest BCUT2D eigenvalue weighted by molar-refractivity contribution is 5.93. The number of likely N-dealkylation sites (N-methyl/N-ethyl adjacent to an activating group) is 1. The highest BCUT2D eigenvalue weighted by Gasteiger charge is 2.27. The van der Waals surface area contributed by atoms with Gasteiger partial charge in [0, 0.05) is 36.0 Å². The lowest BCUT2D eigenvalue weighted by atomic mass is 9.95. The number of hydrogen-bond acceptors (Lipinski definition) is 4. The Morgan fingerprint density at radius 2 is 1.87 bits per heavy atom. The zero-order valence-electron chi connectivity index (χ0n) is 18.0. The van der Waals surface area contributed by atoms with Gasteiger partial charge in [-0.2, -0.15) is 0 Å². The normalized spacial score (nSPS) is 13.2. The van der Waals surface area contributed by atoms with Crippen LogP contribution >= 0.6 is 0 Å². The third-order valence-electron chi connectivity index (χ3n) is 5.06. The molecule has 0 spiro atoms. The van der Waals surface area contributed by atoms with E-state index in [9.17, 15) is 14.4 Å². The standard InChI is InChI=1S/C22H33N5O3/c1-4-24-18(10-7-11-25-22(23)30)21(29)27-19(20(28)14(2)3)12-15-13-26-17-9-6-5-8-16(15)17/h5-6,8-9,13-14,18-19,24,26H,4,7,10-12H2,1-3H3,(H,27,29)(H3,23,25,30)/t18-,19-/m0/s1. The average Bonchev–Trinajstić information content (AvgIpc) is 3.11. The summed E-state index contributed by atoms with van der Waals surface area (Å²) in [5.41, 5.74) is 7.07. The minimum Gasteiger partial charge on any atom is -0.361 e. The van der Waals surface area contributed by atoms with E-state index in [1.165, 1.54) is 0 Å². The lowest BCUT2D eigenvalue weighted by Gasteiger charge is -2.24. The van der Waals surface area contributed by atoms with Crippen LogP contribution < -0.4 is 21.7 Å². The van der Waals surface area contributed by atoms with Gasteiger partial charge in [0.1, 0.15) is 0 Å². The second-order valence-corrected chi connectivity index (χ2v) is 7.73. The number of carbonyl (C=O) groups is 3. The van der Waals surface area contributed by atoms with Gasteiger partial charge in [-0.1, -0.05) is 39.0 Å². The summed E-state index contributed by atoms with van der Waals surface area (Å²) in [7, 11) is 0. The van der Waals surface area contributed by atoms with Crippen molar-refractivity contribution in [3.8, 4) is 0 Å². The van der Waals surface area contributed by atoms with Crippen LogP contribution in [0, 0.1) is 5.92 Å². The van der Waals surface area contributed by atoms with E-state index in [2.05, 4.69) is 20.9 Å². The van der Waals surface area contributed by atoms with Gasteiger partial charge in [0.15, 0.2) is 5.78 Å². The monoisotopic (exact) mass is 415 g/mol. The minimum absolute atomic E-state index is 0.000672. The van der Waals surface area contributed by atoms with Crippen molar-refractivity contribution in [2.24, 2.45) is 11.7 Å². The molecule has 0 aliphatic heterocycles. The Morgan fingerprint density at radius 1 is 1.13 bits per heavy atom. The number of para-hydroxylation sites is 1. The first-order chi connectivity index (χ1) is 14.3. The molecule has 1 heterocycles. The maximum atomic E-state index is 12.9. The number of ketones is 1. The molecular weight excluding hydrogens is 382 g/mol. The first kappa shape index (κ1) is 23.4. The van der Waals surface area contributed by atoms with Gasteiger partial charge in [0.05, 0.1) is 12.1 Å². The zero-order chi connectivity index (χ0) is 22.1. The van der Waals surface area contributed by atoms with E-state index >= 15 is 0 Å². The molecule has 2 rings (SSSR count). The van der Waals surface area contributed by atoms with Gasteiger partial charge >= 0.3 is 6.03 Å². The summed E-state index contributed by atoms with van der Waals surface area (Å²) in [6, 6.07) is 6.26. The van der Waals surface area contributed by atoms with Gasteiger partial charge in [-0.25, -0.2) is 4.79 Å². The van der Waals surface area contributed by atoms with Gasteiger partial charge in [0.2, 0.25) is 5.91 Å². The smallest absolute Gasteiger partial charge is 0.312 e. The van der Waals surface area contributed by atoms with Crippen molar-refractivity contribution < 1.29 is 14.4 Å². The molecule has 3 amide bonds. The third kappa shape index (κ3) is 6.59. The number of hydrogen-bond donors (Lipinski definition) is 5. The molecule has 0 saturated heterocycles. The second-order valence-electron chi connectivity index (χ2n) is 7.73. The summed E-state index contributed by atoms with van der Waals surface area (Å²) < 4.78 is 0. The Morgan fingerprint density at radius 3 is 2.53 bits per heavy atom. The van der Waals surface area contributed by atoms with Crippen molar-refractivity contribution in [2.75, 3.05) is 13.1 Å². The molecule has 1 aromatic carbocycles. The van der Waals surface area contributed by atoms with Crippen molar-refractivity contribution in [3.63, 3.8) is 0 Å². The number of nitrogens with one attached hydrogen (secondary N) is 4. The molecule has 0 unspecified atom stereocenters. The van der Waals surface area contributed by atoms with Crippen LogP contribution in [0.25, 0.3) is 10.9 Å². The van der Waals surface area contributed by atoms with E-state index in [-0.39, 0.29) is 17.6 Å². The average molecular weight is 416 g/mol. The SMILES string of the molecule is CCN[C@@H](CCCNC(N)=O)C(=O)N[C@@H](Cc1c[nH]c2ccccc12)C(=O)C(C)C. The van der Waals surface area contributed by atoms with Gasteiger partial charge in [-0.15, -0.1) is 0 Å². The van der Waals surface area contributed by atoms with Crippen LogP contribution in [-0.4, -0.2) is 47.9 Å². The summed E-state index contributed by atoms with van der Waals surface area (Å²) in [6.07, 6.45) is 3.44. The molecule has 164 valence electrons. The number of aromatic amines is 1. The third-order valence-corrected chi connectivity index (χ3v) is 5.06. The Labute approximate surface area is 177 Å². The predicted octanol–water partition coefficient (Wildman–Crippen LogP) is 1.85. The van der Waals surface area contributed by atoms with Crippen molar-refractivity contribution in [1.29, 1.82) is 0 Å². The van der Waals surface area contributed by atoms with Crippen LogP contribution in [0.2, 0.25) is 0 Å². The number of rotatable bonds is 12. The molecule has 0 fully saturated rings. The topological polar surface area (TPSA) is 129 Å². The van der Waals surface area contributed by atoms with Crippen molar-refractivity contribution in [3.05, 3.63) is 36.0 Å². The molecule has 0 bridgehead atoms. The number of aromatic nitrogens is 1. The van der Waals surface area contributed by atoms with E-state index in [4.69, 9.17) is 5.73 Å². The van der Waals surface area contributed by atoms with Gasteiger partial charge in [-0.3, -0.25) is 9.59 Å². The Balaban J connectivity index is 2.10. The fourth-order valence-corrected chi connectivity index (χ4v) is 3.51. The quantitative estimate of drug-likeness (QED) is 0.339. The summed E-state index contributed by atoms with van der Waals surface area (Å²) in [5, 5.41) is 9.69. The van der Waals surface area contributed by atoms with Crippen LogP contribution in [0.1, 0.15) is 39.2 Å². The first-order valence-corrected chi connectivity index (χ1v) is 10.5. The molecule has 1 aromatic heterocycles. The second kappa shape index (κ2) is 11.3. The maximum absolute atomic E-state index is 12.9. The molecule has 8 nitrogen and oxygen atoms in total. The molecular formula is C22H33N5O3. The molecule has 8 heteroatoms. The van der Waals surface area contributed by atoms with E-state index in [1.54, 1.807) is 0 Å². The number of amides is 3. The fourth-order valence-electron chi connectivity index (χ4n) is 3.51. The Kier molecular flexibility index (Phi) is 8.86. The van der Waals surface area contributed by atoms with E-state index < -0.39 is 18.1 Å². The molecule has 30 heavy (non-hydrogen) atoms. The van der Waals surface area contributed by atoms with Crippen molar-refractivity contribution in [1.82, 2.24) is 20.9 Å². The number of H-pyrrole nitrogens is 1. The molecule has 0 aliphatic rings. The summed E-state index contributed by atoms with van der Waals surface area (Å²) in [4.78, 5) is 39.8. The molecule has 2 aromatic rings. The largest absolute Gasteiger partial charge is 0.361 e. The van der Waals surface area contributed by atoms with Crippen LogP contribution in [0.3, 0.4) is 0 Å². The van der Waals surface area contributed by atoms with Crippen molar-refractivity contribution >= 4 is 28.6 Å². The molecule has 6 N–H and O–H groups in total. The molecule has 2 atom stereocenters. The number of Topliss-reactive ketones (excluding diaryl/α,β-unsaturated/α-hetero) is 1. The number of benzene rings is 1. The maximum Gasteiger partial charge on any atom is 0.312 e. The molecule has 0 saturated carbocycles. The lowest BCUT2D eigenvalue weighted by Crippen LogP contribution is -2.51. The highest BCUT2D eigenvalue weighted by Crippen LogP contribution is 2.20. The fraction of sp³-hybridized carbons (Fsp3) is 0.500. The lowest BCUT2D eigenvalue weighted by molar-refractivity contribution is -0.130. The summed E-state index contributed by atoms with van der Waals surface area (Å²) in [5.74, 6) is -0.410. The summed E-state index contributed by atoms with van der Waals surface area (Å²) in [6.45, 7) is 6.62. The van der Waals surface area contributed by atoms with Gasteiger partial charge in [-0.05, 0) is 31.0 Å². The van der Waals surface area contributed by atoms with E-state index in [1.807, 2.05) is 51.2 Å². The predicted molar refractivity (Wildman–Crippen MR) is 118 cm³/mol. The van der Waals surface area contributed by atoms with E-state index in [0.29, 0.717) is 32.4 Å². The number of primary amides is 1. The molecule has 0 radical (unpaired) electrons. The van der Waals surface area contributed by atoms with Crippen molar-refractivity contribution in [2.45, 2.75) is 52.1 Å². The van der Waals surface area contributed by atoms with Gasteiger partial charge in [0.25, 0.3) is 0 Å². The zero-order valence-corrected chi connectivity index (χ0v) is 18.0. The molecule has 0 aliphatic carbocycles. The summed E-state index contributed by atoms with van der Waals surface area (Å²) >= 11 is 0. The van der Waals surface area contributed by atoms with Crippen LogP contribution in [0.4, 0.5) is 4.79 Å². The van der Waals surface area contributed by atoms with E-state index in [0.717, 1.165) is 16.5 Å². The highest BCUT2D eigenvalue weighted by atomic mass is 16.2. The van der Waals surface area contributed by atoms with Crippen LogP contribution in [-0.2, 0) is 16.0 Å². The first-order valence-electron chi connectivity index (χ1n) is 10.5. The number of urea groups is 1. The van der Waals surface area contributed by atoms with Gasteiger partial charge < -0.3 is 26.7 Å². The number of fused-ring (bicyclic) bond motifs is 1. The van der Waals surface area contributed by atoms with Crippen LogP contribution in [0.5, 0.6) is 0 Å². The Bertz CT molecular complexity index is 861.